The number of benzene rings is 1. The molecule has 0 aliphatic carbocycles. The van der Waals surface area contributed by atoms with Gasteiger partial charge in [0.2, 0.25) is 0 Å². The molecule has 0 aromatic heterocycles. The molecule has 0 bridgehead atoms. The van der Waals surface area contributed by atoms with Gasteiger partial charge in [0.25, 0.3) is 0 Å². The molecule has 0 atom stereocenters. The van der Waals surface area contributed by atoms with Gasteiger partial charge in [-0.25, -0.2) is 4.39 Å². The van der Waals surface area contributed by atoms with Crippen LogP contribution in [0.1, 0.15) is 5.56 Å². The van der Waals surface area contributed by atoms with Crippen LogP contribution in [0.4, 0.5) is 4.39 Å². The quantitative estimate of drug-likeness (QED) is 0.359. The molecule has 0 aliphatic heterocycles. The van der Waals surface area contributed by atoms with Gasteiger partial charge in [-0.05, 0) is 12.1 Å². The predicted octanol–water partition coefficient (Wildman–Crippen LogP) is -1.12. The van der Waals surface area contributed by atoms with E-state index in [1.165, 1.54) is 12.1 Å². The smallest absolute Gasteiger partial charge is 0.788 e. The first-order valence-electron chi connectivity index (χ1n) is 2.65. The van der Waals surface area contributed by atoms with Gasteiger partial charge in [-0.15, -0.1) is 0 Å². The van der Waals surface area contributed by atoms with Crippen molar-refractivity contribution < 1.29 is 23.3 Å². The maximum Gasteiger partial charge on any atom is 1.00 e. The van der Waals surface area contributed by atoms with Crippen molar-refractivity contribution in [1.82, 2.24) is 0 Å². The maximum absolute atomic E-state index is 12.2. The second-order valence-electron chi connectivity index (χ2n) is 1.77. The minimum absolute atomic E-state index is 0. The van der Waals surface area contributed by atoms with Crippen LogP contribution in [0.15, 0.2) is 24.3 Å². The second-order valence-corrected chi connectivity index (χ2v) is 2.06. The van der Waals surface area contributed by atoms with Crippen LogP contribution in [0.25, 0.3) is 0 Å². The largest absolute Gasteiger partial charge is 1.00 e. The van der Waals surface area contributed by atoms with Gasteiger partial charge in [0.1, 0.15) is 5.82 Å². The summed E-state index contributed by atoms with van der Waals surface area (Å²) in [6.07, 6.45) is 0. The third-order valence-corrected chi connectivity index (χ3v) is 1.41. The zero-order valence-corrected chi connectivity index (χ0v) is 6.62. The number of halogens is 1. The molecule has 0 saturated carbocycles. The summed E-state index contributed by atoms with van der Waals surface area (Å²) in [5.41, 5.74) is 0.992. The molecule has 0 N–H and O–H groups in total. The molecule has 1 aromatic rings. The van der Waals surface area contributed by atoms with E-state index >= 15 is 0 Å². The van der Waals surface area contributed by atoms with E-state index in [9.17, 15) is 4.39 Å². The van der Waals surface area contributed by atoms with Gasteiger partial charge in [0.15, 0.2) is 0 Å². The van der Waals surface area contributed by atoms with Gasteiger partial charge in [-0.3, -0.25) is 0 Å². The molecule has 0 fully saturated rings. The molecule has 0 radical (unpaired) electrons. The SMILES string of the molecule is Fc1ccc(C[S-])cc1.[Li+]. The zero-order valence-electron chi connectivity index (χ0n) is 5.80. The normalized spacial score (nSPS) is 8.60. The number of hydrogen-bond acceptors (Lipinski definition) is 1. The summed E-state index contributed by atoms with van der Waals surface area (Å²) in [6, 6.07) is 6.23. The van der Waals surface area contributed by atoms with Crippen LogP contribution < -0.4 is 18.9 Å². The molecule has 0 saturated heterocycles. The molecule has 1 aromatic carbocycles. The van der Waals surface area contributed by atoms with Gasteiger partial charge in [0.05, 0.1) is 0 Å². The molecule has 0 heterocycles. The molecule has 0 amide bonds. The van der Waals surface area contributed by atoms with Crippen LogP contribution in [0.3, 0.4) is 0 Å². The first-order chi connectivity index (χ1) is 4.33. The molecular weight excluding hydrogens is 142 g/mol. The summed E-state index contributed by atoms with van der Waals surface area (Å²) in [6.45, 7) is 0. The van der Waals surface area contributed by atoms with E-state index in [1.807, 2.05) is 0 Å². The van der Waals surface area contributed by atoms with Gasteiger partial charge in [-0.1, -0.05) is 17.7 Å². The fraction of sp³-hybridized carbons (Fsp3) is 0.143. The van der Waals surface area contributed by atoms with E-state index in [0.29, 0.717) is 5.75 Å². The van der Waals surface area contributed by atoms with Crippen LogP contribution in [0, 0.1) is 5.82 Å². The summed E-state index contributed by atoms with van der Waals surface area (Å²) in [7, 11) is 0. The Morgan fingerprint density at radius 1 is 1.20 bits per heavy atom. The van der Waals surface area contributed by atoms with E-state index in [2.05, 4.69) is 0 Å². The van der Waals surface area contributed by atoms with Crippen LogP contribution in [-0.4, -0.2) is 0 Å². The topological polar surface area (TPSA) is 0 Å². The molecular formula is C7H6FLiS. The predicted molar refractivity (Wildman–Crippen MR) is 37.5 cm³/mol. The Morgan fingerprint density at radius 3 is 2.10 bits per heavy atom. The van der Waals surface area contributed by atoms with Gasteiger partial charge >= 0.3 is 18.9 Å². The van der Waals surface area contributed by atoms with E-state index in [1.54, 1.807) is 12.1 Å². The molecule has 0 nitrogen and oxygen atoms in total. The van der Waals surface area contributed by atoms with Crippen molar-refractivity contribution in [2.75, 3.05) is 0 Å². The maximum atomic E-state index is 12.2. The van der Waals surface area contributed by atoms with Crippen LogP contribution >= 0.6 is 0 Å². The van der Waals surface area contributed by atoms with E-state index < -0.39 is 0 Å². The standard InChI is InChI=1S/C7H7FS.Li/c8-7-3-1-6(5-9)2-4-7;/h1-4,9H,5H2;/q;+1/p-1. The summed E-state index contributed by atoms with van der Waals surface area (Å²) in [4.78, 5) is 0. The van der Waals surface area contributed by atoms with Gasteiger partial charge in [-0.2, -0.15) is 5.75 Å². The fourth-order valence-corrected chi connectivity index (χ4v) is 0.773. The monoisotopic (exact) mass is 148 g/mol. The third-order valence-electron chi connectivity index (χ3n) is 1.08. The van der Waals surface area contributed by atoms with E-state index in [0.717, 1.165) is 5.56 Å². The van der Waals surface area contributed by atoms with Gasteiger partial charge in [0, 0.05) is 0 Å². The van der Waals surface area contributed by atoms with Crippen molar-refractivity contribution in [2.45, 2.75) is 5.75 Å². The Kier molecular flexibility index (Phi) is 4.89. The Balaban J connectivity index is 0.000000810. The molecule has 48 valence electrons. The van der Waals surface area contributed by atoms with Crippen LogP contribution in [-0.2, 0) is 18.4 Å². The summed E-state index contributed by atoms with van der Waals surface area (Å²) in [5.74, 6) is 0.350. The van der Waals surface area contributed by atoms with Crippen molar-refractivity contribution in [2.24, 2.45) is 0 Å². The average Bonchev–Trinajstić information content (AvgIpc) is 1.90. The molecule has 0 aliphatic rings. The van der Waals surface area contributed by atoms with Crippen molar-refractivity contribution in [3.05, 3.63) is 35.6 Å². The third kappa shape index (κ3) is 2.79. The van der Waals surface area contributed by atoms with E-state index in [4.69, 9.17) is 12.6 Å². The van der Waals surface area contributed by atoms with E-state index in [-0.39, 0.29) is 24.7 Å². The molecule has 3 heteroatoms. The Hall–Kier alpha value is 0.0974. The van der Waals surface area contributed by atoms with Gasteiger partial charge < -0.3 is 12.6 Å². The molecule has 0 spiro atoms. The molecule has 1 rings (SSSR count). The minimum atomic E-state index is -0.206. The molecule has 0 unspecified atom stereocenters. The minimum Gasteiger partial charge on any atom is -0.788 e. The first-order valence-corrected chi connectivity index (χ1v) is 3.23. The van der Waals surface area contributed by atoms with Crippen molar-refractivity contribution in [3.8, 4) is 0 Å². The average molecular weight is 148 g/mol. The van der Waals surface area contributed by atoms with Crippen molar-refractivity contribution in [3.63, 3.8) is 0 Å². The Bertz CT molecular complexity index is 185. The Morgan fingerprint density at radius 2 is 1.70 bits per heavy atom. The Labute approximate surface area is 77.4 Å². The zero-order chi connectivity index (χ0) is 6.69. The number of hydrogen-bond donors (Lipinski definition) is 0. The summed E-state index contributed by atoms with van der Waals surface area (Å²) in [5, 5.41) is 0. The molecule has 10 heavy (non-hydrogen) atoms. The number of rotatable bonds is 1. The fourth-order valence-electron chi connectivity index (χ4n) is 0.581. The van der Waals surface area contributed by atoms with Crippen molar-refractivity contribution >= 4 is 12.6 Å². The summed E-state index contributed by atoms with van der Waals surface area (Å²) >= 11 is 4.74. The summed E-state index contributed by atoms with van der Waals surface area (Å²) < 4.78 is 12.2. The van der Waals surface area contributed by atoms with Crippen molar-refractivity contribution in [1.29, 1.82) is 0 Å². The first kappa shape index (κ1) is 10.1. The van der Waals surface area contributed by atoms with Crippen LogP contribution in [0.2, 0.25) is 0 Å². The van der Waals surface area contributed by atoms with Crippen LogP contribution in [0.5, 0.6) is 0 Å². The second kappa shape index (κ2) is 4.84.